The number of rotatable bonds is 1. The molecule has 4 nitrogen and oxygen atoms in total. The Labute approximate surface area is 79.2 Å². The maximum atomic E-state index is 12.8. The normalized spacial score (nSPS) is 9.21. The van der Waals surface area contributed by atoms with Crippen molar-refractivity contribution in [2.45, 2.75) is 0 Å². The van der Waals surface area contributed by atoms with E-state index in [4.69, 9.17) is 5.26 Å². The Morgan fingerprint density at radius 3 is 2.79 bits per heavy atom. The molecule has 1 aromatic carbocycles. The van der Waals surface area contributed by atoms with E-state index in [0.717, 1.165) is 19.2 Å². The molecule has 0 heterocycles. The third-order valence-corrected chi connectivity index (χ3v) is 1.60. The van der Waals surface area contributed by atoms with E-state index in [-0.39, 0.29) is 11.1 Å². The van der Waals surface area contributed by atoms with Gasteiger partial charge in [-0.1, -0.05) is 0 Å². The summed E-state index contributed by atoms with van der Waals surface area (Å²) >= 11 is 0. The molecule has 0 bridgehead atoms. The van der Waals surface area contributed by atoms with Crippen LogP contribution in [0.5, 0.6) is 5.75 Å². The zero-order valence-corrected chi connectivity index (χ0v) is 7.24. The van der Waals surface area contributed by atoms with Crippen LogP contribution in [0.2, 0.25) is 0 Å². The number of hydrogen-bond acceptors (Lipinski definition) is 4. The van der Waals surface area contributed by atoms with Gasteiger partial charge in [0.15, 0.2) is 0 Å². The molecule has 0 aliphatic carbocycles. The Morgan fingerprint density at radius 2 is 2.29 bits per heavy atom. The quantitative estimate of drug-likeness (QED) is 0.683. The van der Waals surface area contributed by atoms with Crippen LogP contribution in [0.25, 0.3) is 0 Å². The molecular formula is C9H6FNO3. The van der Waals surface area contributed by atoms with Crippen molar-refractivity contribution in [2.24, 2.45) is 0 Å². The van der Waals surface area contributed by atoms with Gasteiger partial charge in [-0.15, -0.1) is 0 Å². The van der Waals surface area contributed by atoms with Crippen molar-refractivity contribution < 1.29 is 19.0 Å². The van der Waals surface area contributed by atoms with Gasteiger partial charge in [-0.25, -0.2) is 9.18 Å². The number of phenolic OH excluding ortho intramolecular Hbond substituents is 1. The predicted octanol–water partition coefficient (Wildman–Crippen LogP) is 1.19. The van der Waals surface area contributed by atoms with Crippen molar-refractivity contribution in [3.05, 3.63) is 29.1 Å². The third-order valence-electron chi connectivity index (χ3n) is 1.60. The van der Waals surface area contributed by atoms with Crippen LogP contribution in [0.1, 0.15) is 15.9 Å². The van der Waals surface area contributed by atoms with Crippen LogP contribution in [-0.4, -0.2) is 18.2 Å². The highest BCUT2D eigenvalue weighted by atomic mass is 19.1. The Bertz CT molecular complexity index is 423. The number of methoxy groups -OCH3 is 1. The van der Waals surface area contributed by atoms with Crippen LogP contribution in [0.15, 0.2) is 12.1 Å². The molecular weight excluding hydrogens is 189 g/mol. The van der Waals surface area contributed by atoms with Gasteiger partial charge in [0, 0.05) is 0 Å². The second-order valence-electron chi connectivity index (χ2n) is 2.45. The minimum Gasteiger partial charge on any atom is -0.506 e. The molecule has 0 aromatic heterocycles. The number of hydrogen-bond donors (Lipinski definition) is 1. The minimum atomic E-state index is -0.890. The number of nitriles is 1. The first-order valence-corrected chi connectivity index (χ1v) is 3.61. The Hall–Kier alpha value is -2.09. The number of benzene rings is 1. The largest absolute Gasteiger partial charge is 0.506 e. The SMILES string of the molecule is COC(=O)c1cc(F)cc(C#N)c1O. The van der Waals surface area contributed by atoms with E-state index in [2.05, 4.69) is 4.74 Å². The lowest BCUT2D eigenvalue weighted by Crippen LogP contribution is -2.03. The first-order valence-electron chi connectivity index (χ1n) is 3.61. The van der Waals surface area contributed by atoms with Gasteiger partial charge in [-0.3, -0.25) is 0 Å². The first-order chi connectivity index (χ1) is 6.60. The minimum absolute atomic E-state index is 0.301. The van der Waals surface area contributed by atoms with Crippen LogP contribution in [0.4, 0.5) is 4.39 Å². The van der Waals surface area contributed by atoms with E-state index in [9.17, 15) is 14.3 Å². The fraction of sp³-hybridized carbons (Fsp3) is 0.111. The summed E-state index contributed by atoms with van der Waals surface area (Å²) < 4.78 is 17.1. The maximum absolute atomic E-state index is 12.8. The zero-order valence-electron chi connectivity index (χ0n) is 7.24. The zero-order chi connectivity index (χ0) is 10.7. The van der Waals surface area contributed by atoms with Gasteiger partial charge in [0.1, 0.15) is 23.2 Å². The van der Waals surface area contributed by atoms with E-state index in [1.165, 1.54) is 0 Å². The Morgan fingerprint density at radius 1 is 1.64 bits per heavy atom. The summed E-state index contributed by atoms with van der Waals surface area (Å²) in [5.41, 5.74) is -0.658. The summed E-state index contributed by atoms with van der Waals surface area (Å²) in [6.07, 6.45) is 0. The average Bonchev–Trinajstić information content (AvgIpc) is 2.19. The molecule has 1 rings (SSSR count). The van der Waals surface area contributed by atoms with Crippen LogP contribution < -0.4 is 0 Å². The standard InChI is InChI=1S/C9H6FNO3/c1-14-9(13)7-3-6(10)2-5(4-11)8(7)12/h2-3,12H,1H3. The summed E-state index contributed by atoms with van der Waals surface area (Å²) in [6, 6.07) is 3.20. The number of ether oxygens (including phenoxy) is 1. The van der Waals surface area contributed by atoms with Crippen molar-refractivity contribution in [3.8, 4) is 11.8 Å². The molecule has 0 fully saturated rings. The molecule has 0 radical (unpaired) electrons. The highest BCUT2D eigenvalue weighted by molar-refractivity contribution is 5.93. The van der Waals surface area contributed by atoms with E-state index in [1.54, 1.807) is 6.07 Å². The van der Waals surface area contributed by atoms with Gasteiger partial charge in [-0.2, -0.15) is 5.26 Å². The first kappa shape index (κ1) is 9.99. The van der Waals surface area contributed by atoms with Gasteiger partial charge in [0.2, 0.25) is 0 Å². The van der Waals surface area contributed by atoms with Crippen molar-refractivity contribution in [1.29, 1.82) is 5.26 Å². The van der Waals surface area contributed by atoms with Gasteiger partial charge in [-0.05, 0) is 12.1 Å². The highest BCUT2D eigenvalue weighted by Gasteiger charge is 2.16. The smallest absolute Gasteiger partial charge is 0.341 e. The third kappa shape index (κ3) is 1.64. The number of aromatic hydroxyl groups is 1. The molecule has 0 saturated heterocycles. The number of phenols is 1. The molecule has 1 aromatic rings. The van der Waals surface area contributed by atoms with E-state index < -0.39 is 17.5 Å². The van der Waals surface area contributed by atoms with Gasteiger partial charge >= 0.3 is 5.97 Å². The molecule has 72 valence electrons. The molecule has 0 spiro atoms. The number of carbonyl (C=O) groups excluding carboxylic acids is 1. The van der Waals surface area contributed by atoms with Gasteiger partial charge < -0.3 is 9.84 Å². The maximum Gasteiger partial charge on any atom is 0.341 e. The van der Waals surface area contributed by atoms with Gasteiger partial charge in [0.25, 0.3) is 0 Å². The summed E-state index contributed by atoms with van der Waals surface area (Å²) in [5, 5.41) is 17.8. The fourth-order valence-electron chi connectivity index (χ4n) is 0.950. The van der Waals surface area contributed by atoms with E-state index >= 15 is 0 Å². The molecule has 0 unspecified atom stereocenters. The summed E-state index contributed by atoms with van der Waals surface area (Å²) in [6.45, 7) is 0. The summed E-state index contributed by atoms with van der Waals surface area (Å²) in [5.74, 6) is -2.24. The van der Waals surface area contributed by atoms with E-state index in [1.807, 2.05) is 0 Å². The number of nitrogens with zero attached hydrogens (tertiary/aromatic N) is 1. The average molecular weight is 195 g/mol. The number of esters is 1. The van der Waals surface area contributed by atoms with Crippen LogP contribution in [-0.2, 0) is 4.74 Å². The monoisotopic (exact) mass is 195 g/mol. The predicted molar refractivity (Wildman–Crippen MR) is 44.1 cm³/mol. The molecule has 0 amide bonds. The highest BCUT2D eigenvalue weighted by Crippen LogP contribution is 2.23. The second kappa shape index (κ2) is 3.75. The van der Waals surface area contributed by atoms with Gasteiger partial charge in [0.05, 0.1) is 12.7 Å². The molecule has 0 aliphatic rings. The van der Waals surface area contributed by atoms with Crippen LogP contribution in [0.3, 0.4) is 0 Å². The lowest BCUT2D eigenvalue weighted by molar-refractivity contribution is 0.0597. The second-order valence-corrected chi connectivity index (χ2v) is 2.45. The summed E-state index contributed by atoms with van der Waals surface area (Å²) in [7, 11) is 1.10. The molecule has 5 heteroatoms. The number of carbonyl (C=O) groups is 1. The Kier molecular flexibility index (Phi) is 2.67. The molecule has 1 N–H and O–H groups in total. The molecule has 0 aliphatic heterocycles. The lowest BCUT2D eigenvalue weighted by atomic mass is 10.1. The molecule has 0 atom stereocenters. The van der Waals surface area contributed by atoms with E-state index in [0.29, 0.717) is 0 Å². The van der Waals surface area contributed by atoms with Crippen molar-refractivity contribution >= 4 is 5.97 Å². The summed E-state index contributed by atoms with van der Waals surface area (Å²) in [4.78, 5) is 11.0. The fourth-order valence-corrected chi connectivity index (χ4v) is 0.950. The van der Waals surface area contributed by atoms with Crippen LogP contribution in [0, 0.1) is 17.1 Å². The Balaban J connectivity index is 3.38. The lowest BCUT2D eigenvalue weighted by Gasteiger charge is -2.03. The van der Waals surface area contributed by atoms with Crippen molar-refractivity contribution in [3.63, 3.8) is 0 Å². The topological polar surface area (TPSA) is 70.3 Å². The molecule has 14 heavy (non-hydrogen) atoms. The van der Waals surface area contributed by atoms with Crippen molar-refractivity contribution in [1.82, 2.24) is 0 Å². The number of halogens is 1. The molecule has 0 saturated carbocycles. The van der Waals surface area contributed by atoms with Crippen LogP contribution >= 0.6 is 0 Å². The van der Waals surface area contributed by atoms with Crippen molar-refractivity contribution in [2.75, 3.05) is 7.11 Å².